The van der Waals surface area contributed by atoms with Gasteiger partial charge in [0.05, 0.1) is 13.2 Å². The summed E-state index contributed by atoms with van der Waals surface area (Å²) in [4.78, 5) is 2.40. The van der Waals surface area contributed by atoms with Gasteiger partial charge in [-0.3, -0.25) is 4.90 Å². The standard InChI is InChI=1S/C12H17BrN2O/c13-11-3-1-10(2-4-11)12(9-14)15-5-7-16-8-6-15/h1-4,12H,5-9,14H2/t12-/m0/s1. The minimum Gasteiger partial charge on any atom is -0.379 e. The van der Waals surface area contributed by atoms with Crippen molar-refractivity contribution in [2.24, 2.45) is 5.73 Å². The second-order valence-corrected chi connectivity index (χ2v) is 4.87. The third-order valence-electron chi connectivity index (χ3n) is 2.96. The Hall–Kier alpha value is -0.420. The Morgan fingerprint density at radius 2 is 1.88 bits per heavy atom. The van der Waals surface area contributed by atoms with Crippen LogP contribution in [0, 0.1) is 0 Å². The fourth-order valence-electron chi connectivity index (χ4n) is 2.07. The van der Waals surface area contributed by atoms with Crippen molar-refractivity contribution >= 4 is 15.9 Å². The number of benzene rings is 1. The first-order valence-electron chi connectivity index (χ1n) is 5.58. The zero-order valence-electron chi connectivity index (χ0n) is 9.23. The van der Waals surface area contributed by atoms with Crippen LogP contribution in [-0.2, 0) is 4.74 Å². The van der Waals surface area contributed by atoms with Crippen molar-refractivity contribution in [2.75, 3.05) is 32.8 Å². The first kappa shape index (κ1) is 12.0. The number of hydrogen-bond donors (Lipinski definition) is 1. The molecule has 0 radical (unpaired) electrons. The Balaban J connectivity index is 2.11. The second-order valence-electron chi connectivity index (χ2n) is 3.95. The Kier molecular flexibility index (Phi) is 4.35. The smallest absolute Gasteiger partial charge is 0.0594 e. The molecule has 2 N–H and O–H groups in total. The average molecular weight is 285 g/mol. The quantitative estimate of drug-likeness (QED) is 0.920. The molecule has 0 saturated carbocycles. The highest BCUT2D eigenvalue weighted by atomic mass is 79.9. The van der Waals surface area contributed by atoms with Gasteiger partial charge in [-0.05, 0) is 17.7 Å². The monoisotopic (exact) mass is 284 g/mol. The molecule has 2 rings (SSSR count). The minimum absolute atomic E-state index is 0.317. The predicted octanol–water partition coefficient (Wildman–Crippen LogP) is 1.78. The highest BCUT2D eigenvalue weighted by Gasteiger charge is 2.20. The second kappa shape index (κ2) is 5.77. The van der Waals surface area contributed by atoms with Crippen LogP contribution in [0.5, 0.6) is 0 Å². The van der Waals surface area contributed by atoms with E-state index in [-0.39, 0.29) is 0 Å². The number of nitrogens with two attached hydrogens (primary N) is 1. The molecule has 1 heterocycles. The molecule has 0 amide bonds. The van der Waals surface area contributed by atoms with Crippen molar-refractivity contribution in [2.45, 2.75) is 6.04 Å². The third-order valence-corrected chi connectivity index (χ3v) is 3.49. The molecule has 0 aromatic heterocycles. The molecule has 1 aliphatic rings. The molecule has 1 aliphatic heterocycles. The van der Waals surface area contributed by atoms with Gasteiger partial charge >= 0.3 is 0 Å². The highest BCUT2D eigenvalue weighted by Crippen LogP contribution is 2.22. The topological polar surface area (TPSA) is 38.5 Å². The minimum atomic E-state index is 0.317. The Morgan fingerprint density at radius 3 is 2.44 bits per heavy atom. The van der Waals surface area contributed by atoms with Crippen molar-refractivity contribution in [3.63, 3.8) is 0 Å². The van der Waals surface area contributed by atoms with E-state index in [1.807, 2.05) is 0 Å². The molecule has 16 heavy (non-hydrogen) atoms. The van der Waals surface area contributed by atoms with Crippen LogP contribution in [0.3, 0.4) is 0 Å². The lowest BCUT2D eigenvalue weighted by Crippen LogP contribution is -2.41. The molecule has 4 heteroatoms. The van der Waals surface area contributed by atoms with E-state index in [2.05, 4.69) is 45.1 Å². The third kappa shape index (κ3) is 2.83. The maximum Gasteiger partial charge on any atom is 0.0594 e. The van der Waals surface area contributed by atoms with Gasteiger partial charge in [-0.15, -0.1) is 0 Å². The van der Waals surface area contributed by atoms with Crippen LogP contribution in [0.1, 0.15) is 11.6 Å². The first-order valence-corrected chi connectivity index (χ1v) is 6.38. The number of halogens is 1. The highest BCUT2D eigenvalue weighted by molar-refractivity contribution is 9.10. The van der Waals surface area contributed by atoms with Gasteiger partial charge in [-0.2, -0.15) is 0 Å². The fraction of sp³-hybridized carbons (Fsp3) is 0.500. The van der Waals surface area contributed by atoms with E-state index in [0.717, 1.165) is 30.8 Å². The lowest BCUT2D eigenvalue weighted by Gasteiger charge is -2.34. The first-order chi connectivity index (χ1) is 7.81. The van der Waals surface area contributed by atoms with Crippen LogP contribution in [0.25, 0.3) is 0 Å². The molecule has 0 spiro atoms. The molecular formula is C12H17BrN2O. The van der Waals surface area contributed by atoms with Crippen LogP contribution in [0.2, 0.25) is 0 Å². The summed E-state index contributed by atoms with van der Waals surface area (Å²) in [5.41, 5.74) is 7.16. The van der Waals surface area contributed by atoms with E-state index in [0.29, 0.717) is 12.6 Å². The molecule has 1 saturated heterocycles. The van der Waals surface area contributed by atoms with E-state index in [9.17, 15) is 0 Å². The van der Waals surface area contributed by atoms with Gasteiger partial charge in [0.25, 0.3) is 0 Å². The summed E-state index contributed by atoms with van der Waals surface area (Å²) in [5, 5.41) is 0. The molecule has 1 aromatic carbocycles. The molecule has 0 aliphatic carbocycles. The van der Waals surface area contributed by atoms with Gasteiger partial charge in [0.15, 0.2) is 0 Å². The Bertz CT molecular complexity index is 322. The van der Waals surface area contributed by atoms with Crippen molar-refractivity contribution < 1.29 is 4.74 Å². The van der Waals surface area contributed by atoms with E-state index in [1.165, 1.54) is 5.56 Å². The van der Waals surface area contributed by atoms with E-state index >= 15 is 0 Å². The van der Waals surface area contributed by atoms with Crippen molar-refractivity contribution in [1.82, 2.24) is 4.90 Å². The van der Waals surface area contributed by atoms with Crippen LogP contribution < -0.4 is 5.73 Å². The lowest BCUT2D eigenvalue weighted by molar-refractivity contribution is 0.0179. The summed E-state index contributed by atoms with van der Waals surface area (Å²) in [6, 6.07) is 8.72. The SMILES string of the molecule is NC[C@@H](c1ccc(Br)cc1)N1CCOCC1. The molecule has 1 aromatic rings. The van der Waals surface area contributed by atoms with Gasteiger partial charge < -0.3 is 10.5 Å². The fourth-order valence-corrected chi connectivity index (χ4v) is 2.33. The number of morpholine rings is 1. The van der Waals surface area contributed by atoms with Crippen LogP contribution >= 0.6 is 15.9 Å². The van der Waals surface area contributed by atoms with Crippen LogP contribution in [-0.4, -0.2) is 37.7 Å². The van der Waals surface area contributed by atoms with Gasteiger partial charge in [-0.25, -0.2) is 0 Å². The molecule has 88 valence electrons. The van der Waals surface area contributed by atoms with Gasteiger partial charge in [0.2, 0.25) is 0 Å². The van der Waals surface area contributed by atoms with Gasteiger partial charge in [0, 0.05) is 30.1 Å². The molecule has 3 nitrogen and oxygen atoms in total. The molecular weight excluding hydrogens is 268 g/mol. The predicted molar refractivity (Wildman–Crippen MR) is 68.3 cm³/mol. The van der Waals surface area contributed by atoms with Crippen molar-refractivity contribution in [1.29, 1.82) is 0 Å². The summed E-state index contributed by atoms with van der Waals surface area (Å²) in [6.45, 7) is 4.22. The largest absolute Gasteiger partial charge is 0.379 e. The molecule has 1 fully saturated rings. The average Bonchev–Trinajstić information content (AvgIpc) is 2.34. The van der Waals surface area contributed by atoms with Crippen LogP contribution in [0.15, 0.2) is 28.7 Å². The lowest BCUT2D eigenvalue weighted by atomic mass is 10.1. The zero-order valence-corrected chi connectivity index (χ0v) is 10.8. The molecule has 0 unspecified atom stereocenters. The Labute approximate surface area is 105 Å². The molecule has 1 atom stereocenters. The van der Waals surface area contributed by atoms with E-state index < -0.39 is 0 Å². The number of nitrogens with zero attached hydrogens (tertiary/aromatic N) is 1. The summed E-state index contributed by atoms with van der Waals surface area (Å²) in [7, 11) is 0. The van der Waals surface area contributed by atoms with E-state index in [1.54, 1.807) is 0 Å². The zero-order chi connectivity index (χ0) is 11.4. The maximum absolute atomic E-state index is 5.88. The summed E-state index contributed by atoms with van der Waals surface area (Å²) < 4.78 is 6.46. The molecule has 0 bridgehead atoms. The van der Waals surface area contributed by atoms with Crippen molar-refractivity contribution in [3.8, 4) is 0 Å². The van der Waals surface area contributed by atoms with Crippen LogP contribution in [0.4, 0.5) is 0 Å². The normalized spacial score (nSPS) is 19.6. The number of hydrogen-bond acceptors (Lipinski definition) is 3. The van der Waals surface area contributed by atoms with E-state index in [4.69, 9.17) is 10.5 Å². The number of ether oxygens (including phenoxy) is 1. The number of rotatable bonds is 3. The summed E-state index contributed by atoms with van der Waals surface area (Å²) in [5.74, 6) is 0. The summed E-state index contributed by atoms with van der Waals surface area (Å²) in [6.07, 6.45) is 0. The van der Waals surface area contributed by atoms with Crippen molar-refractivity contribution in [3.05, 3.63) is 34.3 Å². The Morgan fingerprint density at radius 1 is 1.25 bits per heavy atom. The summed E-state index contributed by atoms with van der Waals surface area (Å²) >= 11 is 3.45. The van der Waals surface area contributed by atoms with Gasteiger partial charge in [-0.1, -0.05) is 28.1 Å². The van der Waals surface area contributed by atoms with Gasteiger partial charge in [0.1, 0.15) is 0 Å². The maximum atomic E-state index is 5.88.